The molecule has 1 aliphatic rings. The number of hydrogen-bond donors (Lipinski definition) is 1. The van der Waals surface area contributed by atoms with Crippen LogP contribution in [-0.2, 0) is 9.59 Å². The van der Waals surface area contributed by atoms with Crippen molar-refractivity contribution in [1.29, 1.82) is 0 Å². The van der Waals surface area contributed by atoms with Gasteiger partial charge in [0.25, 0.3) is 11.7 Å². The number of rotatable bonds is 5. The Morgan fingerprint density at radius 3 is 2.32 bits per heavy atom. The summed E-state index contributed by atoms with van der Waals surface area (Å²) in [5, 5.41) is 12.0. The quantitative estimate of drug-likeness (QED) is 0.290. The third-order valence-electron chi connectivity index (χ3n) is 5.63. The molecule has 1 unspecified atom stereocenters. The average molecular weight is 499 g/mol. The van der Waals surface area contributed by atoms with Gasteiger partial charge in [-0.25, -0.2) is 0 Å². The average Bonchev–Trinajstić information content (AvgIpc) is 3.10. The predicted octanol–water partition coefficient (Wildman–Crippen LogP) is 5.34. The zero-order valence-electron chi connectivity index (χ0n) is 18.5. The topological polar surface area (TPSA) is 89.0 Å². The van der Waals surface area contributed by atoms with Gasteiger partial charge in [0.2, 0.25) is 0 Å². The first-order valence-electron chi connectivity index (χ1n) is 10.2. The number of methoxy groups -OCH3 is 2. The molecule has 1 aromatic heterocycles. The maximum Gasteiger partial charge on any atom is 0.300 e. The first-order chi connectivity index (χ1) is 16.3. The summed E-state index contributed by atoms with van der Waals surface area (Å²) in [6.07, 6.45) is 3.09. The maximum atomic E-state index is 13.3. The molecule has 9 heteroatoms. The van der Waals surface area contributed by atoms with Crippen molar-refractivity contribution in [2.45, 2.75) is 13.0 Å². The third-order valence-corrected chi connectivity index (χ3v) is 6.16. The number of halogens is 2. The van der Waals surface area contributed by atoms with Crippen LogP contribution in [0.3, 0.4) is 0 Å². The van der Waals surface area contributed by atoms with Gasteiger partial charge in [-0.15, -0.1) is 0 Å². The van der Waals surface area contributed by atoms with Crippen molar-refractivity contribution >= 4 is 46.3 Å². The number of carbonyl (C=O) groups excluding carboxylic acids is 2. The number of pyridine rings is 1. The smallest absolute Gasteiger partial charge is 0.300 e. The standard InChI is InChI=1S/C25H20Cl2N2O5/c1-13-4-5-15(26)10-18(13)29-22(14-6-8-28-9-7-14)21(24(31)25(29)32)23(30)16-11-17(27)20(34-3)12-19(16)33-2/h4-12,22,30H,1-3H3/b23-21+. The summed E-state index contributed by atoms with van der Waals surface area (Å²) < 4.78 is 10.6. The van der Waals surface area contributed by atoms with Gasteiger partial charge >= 0.3 is 0 Å². The molecule has 1 N–H and O–H groups in total. The van der Waals surface area contributed by atoms with Gasteiger partial charge in [0, 0.05) is 29.2 Å². The van der Waals surface area contributed by atoms with Gasteiger partial charge in [-0.1, -0.05) is 29.3 Å². The van der Waals surface area contributed by atoms with E-state index in [1.54, 1.807) is 49.6 Å². The number of aromatic nitrogens is 1. The highest BCUT2D eigenvalue weighted by Gasteiger charge is 2.47. The molecular formula is C25H20Cl2N2O5. The number of Topliss-reactive ketones (excluding diaryl/α,β-unsaturated/α-hetero) is 1. The van der Waals surface area contributed by atoms with Gasteiger partial charge < -0.3 is 14.6 Å². The second kappa shape index (κ2) is 9.37. The molecule has 1 saturated heterocycles. The van der Waals surface area contributed by atoms with E-state index in [4.69, 9.17) is 32.7 Å². The Balaban J connectivity index is 2.01. The van der Waals surface area contributed by atoms with Gasteiger partial charge in [-0.2, -0.15) is 0 Å². The first-order valence-corrected chi connectivity index (χ1v) is 10.9. The van der Waals surface area contributed by atoms with Crippen molar-refractivity contribution in [2.75, 3.05) is 19.1 Å². The minimum Gasteiger partial charge on any atom is -0.507 e. The zero-order valence-corrected chi connectivity index (χ0v) is 20.0. The van der Waals surface area contributed by atoms with Gasteiger partial charge in [-0.05, 0) is 48.4 Å². The van der Waals surface area contributed by atoms with E-state index in [-0.39, 0.29) is 21.9 Å². The van der Waals surface area contributed by atoms with Crippen LogP contribution in [0.1, 0.15) is 22.7 Å². The molecule has 0 saturated carbocycles. The lowest BCUT2D eigenvalue weighted by atomic mass is 9.95. The fourth-order valence-corrected chi connectivity index (χ4v) is 4.38. The van der Waals surface area contributed by atoms with E-state index in [1.807, 2.05) is 0 Å². The molecule has 4 rings (SSSR count). The summed E-state index contributed by atoms with van der Waals surface area (Å²) in [6, 6.07) is 10.4. The van der Waals surface area contributed by atoms with Crippen LogP contribution in [0.4, 0.5) is 5.69 Å². The highest BCUT2D eigenvalue weighted by molar-refractivity contribution is 6.52. The van der Waals surface area contributed by atoms with Crippen LogP contribution in [0.5, 0.6) is 11.5 Å². The summed E-state index contributed by atoms with van der Waals surface area (Å²) in [6.45, 7) is 1.81. The van der Waals surface area contributed by atoms with Crippen molar-refractivity contribution in [1.82, 2.24) is 4.98 Å². The number of aliphatic hydroxyl groups is 1. The lowest BCUT2D eigenvalue weighted by Gasteiger charge is -2.27. The number of hydrogen-bond acceptors (Lipinski definition) is 6. The minimum absolute atomic E-state index is 0.116. The molecule has 0 bridgehead atoms. The number of ether oxygens (including phenoxy) is 2. The van der Waals surface area contributed by atoms with E-state index < -0.39 is 23.5 Å². The number of ketones is 1. The molecule has 1 aliphatic heterocycles. The van der Waals surface area contributed by atoms with Crippen LogP contribution < -0.4 is 14.4 Å². The second-order valence-corrected chi connectivity index (χ2v) is 8.41. The summed E-state index contributed by atoms with van der Waals surface area (Å²) >= 11 is 12.5. The van der Waals surface area contributed by atoms with Gasteiger partial charge in [0.1, 0.15) is 17.3 Å². The second-order valence-electron chi connectivity index (χ2n) is 7.57. The molecule has 0 aliphatic carbocycles. The van der Waals surface area contributed by atoms with Gasteiger partial charge in [0.05, 0.1) is 36.4 Å². The van der Waals surface area contributed by atoms with E-state index in [0.29, 0.717) is 22.0 Å². The number of anilines is 1. The van der Waals surface area contributed by atoms with E-state index in [1.165, 1.54) is 31.3 Å². The van der Waals surface area contributed by atoms with E-state index >= 15 is 0 Å². The molecule has 2 heterocycles. The fraction of sp³-hybridized carbons (Fsp3) is 0.160. The molecule has 0 radical (unpaired) electrons. The molecule has 1 amide bonds. The van der Waals surface area contributed by atoms with Crippen LogP contribution >= 0.6 is 23.2 Å². The van der Waals surface area contributed by atoms with Crippen molar-refractivity contribution in [2.24, 2.45) is 0 Å². The lowest BCUT2D eigenvalue weighted by molar-refractivity contribution is -0.132. The molecule has 1 atom stereocenters. The maximum absolute atomic E-state index is 13.3. The predicted molar refractivity (Wildman–Crippen MR) is 130 cm³/mol. The number of aryl methyl sites for hydroxylation is 1. The van der Waals surface area contributed by atoms with E-state index in [9.17, 15) is 14.7 Å². The third kappa shape index (κ3) is 3.97. The van der Waals surface area contributed by atoms with Crippen LogP contribution in [0.2, 0.25) is 10.0 Å². The Hall–Kier alpha value is -3.55. The van der Waals surface area contributed by atoms with Crippen molar-refractivity contribution in [3.8, 4) is 11.5 Å². The van der Waals surface area contributed by atoms with Crippen LogP contribution in [0.15, 0.2) is 60.4 Å². The largest absolute Gasteiger partial charge is 0.507 e. The SMILES string of the molecule is COc1cc(OC)c(/C(O)=C2\C(=O)C(=O)N(c3cc(Cl)ccc3C)C2c2ccncc2)cc1Cl. The lowest BCUT2D eigenvalue weighted by Crippen LogP contribution is -2.30. The summed E-state index contributed by atoms with van der Waals surface area (Å²) in [4.78, 5) is 32.0. The van der Waals surface area contributed by atoms with Crippen molar-refractivity contribution in [3.63, 3.8) is 0 Å². The highest BCUT2D eigenvalue weighted by Crippen LogP contribution is 2.45. The van der Waals surface area contributed by atoms with E-state index in [0.717, 1.165) is 5.56 Å². The Labute approximate surface area is 206 Å². The molecule has 3 aromatic rings. The number of nitrogens with zero attached hydrogens (tertiary/aromatic N) is 2. The van der Waals surface area contributed by atoms with Crippen molar-refractivity contribution in [3.05, 3.63) is 87.2 Å². The molecule has 0 spiro atoms. The number of aliphatic hydroxyl groups excluding tert-OH is 1. The molecule has 2 aromatic carbocycles. The Bertz CT molecular complexity index is 1320. The van der Waals surface area contributed by atoms with Crippen molar-refractivity contribution < 1.29 is 24.2 Å². The molecule has 34 heavy (non-hydrogen) atoms. The Morgan fingerprint density at radius 2 is 1.68 bits per heavy atom. The number of amides is 1. The summed E-state index contributed by atoms with van der Waals surface area (Å²) in [5.74, 6) is -1.53. The normalized spacial score (nSPS) is 17.2. The molecular weight excluding hydrogens is 479 g/mol. The highest BCUT2D eigenvalue weighted by atomic mass is 35.5. The zero-order chi connectivity index (χ0) is 24.6. The first kappa shape index (κ1) is 23.6. The van der Waals surface area contributed by atoms with Gasteiger partial charge in [0.15, 0.2) is 0 Å². The number of carbonyl (C=O) groups is 2. The monoisotopic (exact) mass is 498 g/mol. The summed E-state index contributed by atoms with van der Waals surface area (Å²) in [5.41, 5.74) is 1.79. The minimum atomic E-state index is -0.939. The Morgan fingerprint density at radius 1 is 1.00 bits per heavy atom. The van der Waals surface area contributed by atoms with Gasteiger partial charge in [-0.3, -0.25) is 19.5 Å². The molecule has 174 valence electrons. The van der Waals surface area contributed by atoms with Crippen LogP contribution in [0.25, 0.3) is 5.76 Å². The van der Waals surface area contributed by atoms with Crippen LogP contribution in [0, 0.1) is 6.92 Å². The molecule has 1 fully saturated rings. The molecule has 7 nitrogen and oxygen atoms in total. The van der Waals surface area contributed by atoms with E-state index in [2.05, 4.69) is 4.98 Å². The fourth-order valence-electron chi connectivity index (χ4n) is 3.97. The summed E-state index contributed by atoms with van der Waals surface area (Å²) in [7, 11) is 2.86. The van der Waals surface area contributed by atoms with Crippen LogP contribution in [-0.4, -0.2) is 36.0 Å². The Kier molecular flexibility index (Phi) is 6.50. The number of benzene rings is 2.